The number of alkyl halides is 1. The lowest BCUT2D eigenvalue weighted by Gasteiger charge is -2.21. The number of halogens is 2. The van der Waals surface area contributed by atoms with Crippen molar-refractivity contribution in [2.75, 3.05) is 24.5 Å². The molecule has 1 aliphatic carbocycles. The Balaban J connectivity index is 1.70. The van der Waals surface area contributed by atoms with E-state index < -0.39 is 29.0 Å². The van der Waals surface area contributed by atoms with E-state index in [0.29, 0.717) is 31.2 Å². The van der Waals surface area contributed by atoms with E-state index in [9.17, 15) is 23.5 Å². The van der Waals surface area contributed by atoms with Crippen molar-refractivity contribution in [3.8, 4) is 0 Å². The third-order valence-corrected chi connectivity index (χ3v) is 5.67. The molecule has 0 spiro atoms. The van der Waals surface area contributed by atoms with Gasteiger partial charge in [-0.1, -0.05) is 0 Å². The summed E-state index contributed by atoms with van der Waals surface area (Å²) in [6.07, 6.45) is 2.47. The number of fused-ring (bicyclic) bond motifs is 1. The number of nitrogens with one attached hydrogen (secondary N) is 1. The van der Waals surface area contributed by atoms with Crippen LogP contribution in [-0.2, 0) is 6.54 Å². The van der Waals surface area contributed by atoms with E-state index in [0.717, 1.165) is 18.9 Å². The molecule has 1 aliphatic heterocycles. The minimum atomic E-state index is -1.34. The molecular formula is C20H23F2N3O3. The zero-order valence-corrected chi connectivity index (χ0v) is 15.6. The van der Waals surface area contributed by atoms with E-state index in [2.05, 4.69) is 5.32 Å². The van der Waals surface area contributed by atoms with E-state index in [1.165, 1.54) is 12.3 Å². The minimum absolute atomic E-state index is 0.0194. The zero-order chi connectivity index (χ0) is 20.0. The second kappa shape index (κ2) is 7.16. The molecule has 2 N–H and O–H groups in total. The van der Waals surface area contributed by atoms with Crippen molar-refractivity contribution in [3.05, 3.63) is 39.9 Å². The predicted molar refractivity (Wildman–Crippen MR) is 102 cm³/mol. The summed E-state index contributed by atoms with van der Waals surface area (Å²) in [6, 6.07) is 3.10. The van der Waals surface area contributed by atoms with Crippen LogP contribution in [0.25, 0.3) is 10.9 Å². The summed E-state index contributed by atoms with van der Waals surface area (Å²) < 4.78 is 30.9. The Kier molecular flexibility index (Phi) is 4.82. The van der Waals surface area contributed by atoms with Crippen molar-refractivity contribution in [2.24, 2.45) is 5.92 Å². The maximum absolute atomic E-state index is 14.8. The fraction of sp³-hybridized carbons (Fsp3) is 0.500. The number of pyridine rings is 1. The quantitative estimate of drug-likeness (QED) is 0.791. The minimum Gasteiger partial charge on any atom is -0.477 e. The van der Waals surface area contributed by atoms with Crippen LogP contribution in [0.15, 0.2) is 23.1 Å². The predicted octanol–water partition coefficient (Wildman–Crippen LogP) is 2.39. The Labute approximate surface area is 160 Å². The molecule has 1 saturated carbocycles. The molecule has 0 bridgehead atoms. The van der Waals surface area contributed by atoms with Crippen LogP contribution < -0.4 is 15.6 Å². The van der Waals surface area contributed by atoms with Crippen molar-refractivity contribution >= 4 is 22.6 Å². The van der Waals surface area contributed by atoms with Crippen molar-refractivity contribution in [1.29, 1.82) is 0 Å². The lowest BCUT2D eigenvalue weighted by molar-refractivity contribution is 0.0695. The Morgan fingerprint density at radius 1 is 1.32 bits per heavy atom. The van der Waals surface area contributed by atoms with Gasteiger partial charge in [0.15, 0.2) is 0 Å². The summed E-state index contributed by atoms with van der Waals surface area (Å²) in [5.74, 6) is -2.19. The molecule has 4 rings (SSSR count). The summed E-state index contributed by atoms with van der Waals surface area (Å²) in [6.45, 7) is 3.29. The van der Waals surface area contributed by atoms with Crippen LogP contribution in [0.5, 0.6) is 0 Å². The van der Waals surface area contributed by atoms with Gasteiger partial charge < -0.3 is 19.9 Å². The molecular weight excluding hydrogens is 368 g/mol. The summed E-state index contributed by atoms with van der Waals surface area (Å²) in [7, 11) is 0. The molecule has 1 saturated heterocycles. The van der Waals surface area contributed by atoms with Crippen LogP contribution >= 0.6 is 0 Å². The Morgan fingerprint density at radius 3 is 2.71 bits per heavy atom. The first-order valence-corrected chi connectivity index (χ1v) is 9.61. The molecule has 2 aliphatic rings. The lowest BCUT2D eigenvalue weighted by atomic mass is 10.1. The molecule has 2 aromatic rings. The number of anilines is 1. The first-order valence-electron chi connectivity index (χ1n) is 9.61. The van der Waals surface area contributed by atoms with E-state index >= 15 is 0 Å². The SMILES string of the molecule is CCn1cc(C(=O)O)c(=O)c2cc(F)c(N3C[C@@H](CNC4CC4)[C@H](F)C3)cc21. The highest BCUT2D eigenvalue weighted by atomic mass is 19.1. The van der Waals surface area contributed by atoms with Gasteiger partial charge in [-0.05, 0) is 31.9 Å². The van der Waals surface area contributed by atoms with Gasteiger partial charge in [0.05, 0.1) is 11.2 Å². The highest BCUT2D eigenvalue weighted by Crippen LogP contribution is 2.31. The molecule has 8 heteroatoms. The molecule has 2 heterocycles. The van der Waals surface area contributed by atoms with Crippen LogP contribution in [0.2, 0.25) is 0 Å². The molecule has 2 fully saturated rings. The number of carbonyl (C=O) groups is 1. The van der Waals surface area contributed by atoms with E-state index in [-0.39, 0.29) is 23.5 Å². The molecule has 1 aromatic carbocycles. The number of hydrogen-bond acceptors (Lipinski definition) is 4. The van der Waals surface area contributed by atoms with Crippen LogP contribution in [0.1, 0.15) is 30.1 Å². The van der Waals surface area contributed by atoms with Gasteiger partial charge in [0.25, 0.3) is 0 Å². The topological polar surface area (TPSA) is 74.6 Å². The number of rotatable bonds is 6. The summed E-state index contributed by atoms with van der Waals surface area (Å²) in [4.78, 5) is 25.4. The van der Waals surface area contributed by atoms with Gasteiger partial charge in [0, 0.05) is 49.7 Å². The normalized spacial score (nSPS) is 22.2. The number of aromatic nitrogens is 1. The third-order valence-electron chi connectivity index (χ3n) is 5.67. The maximum Gasteiger partial charge on any atom is 0.341 e. The maximum atomic E-state index is 14.8. The van der Waals surface area contributed by atoms with Gasteiger partial charge in [0.2, 0.25) is 5.43 Å². The first kappa shape index (κ1) is 18.9. The number of carboxylic acid groups (broad SMARTS) is 1. The largest absolute Gasteiger partial charge is 0.477 e. The lowest BCUT2D eigenvalue weighted by Crippen LogP contribution is -2.30. The third kappa shape index (κ3) is 3.37. The fourth-order valence-corrected chi connectivity index (χ4v) is 3.88. The highest BCUT2D eigenvalue weighted by Gasteiger charge is 2.35. The molecule has 2 atom stereocenters. The first-order chi connectivity index (χ1) is 13.4. The Hall–Kier alpha value is -2.48. The highest BCUT2D eigenvalue weighted by molar-refractivity contribution is 5.93. The molecule has 1 aromatic heterocycles. The van der Waals surface area contributed by atoms with Crippen molar-refractivity contribution in [3.63, 3.8) is 0 Å². The molecule has 0 amide bonds. The van der Waals surface area contributed by atoms with Crippen molar-refractivity contribution in [1.82, 2.24) is 9.88 Å². The van der Waals surface area contributed by atoms with Gasteiger partial charge in [-0.2, -0.15) is 0 Å². The monoisotopic (exact) mass is 391 g/mol. The van der Waals surface area contributed by atoms with E-state index in [4.69, 9.17) is 0 Å². The summed E-state index contributed by atoms with van der Waals surface area (Å²) in [5, 5.41) is 12.6. The van der Waals surface area contributed by atoms with Gasteiger partial charge >= 0.3 is 5.97 Å². The number of nitrogens with zero attached hydrogens (tertiary/aromatic N) is 2. The zero-order valence-electron chi connectivity index (χ0n) is 15.6. The standard InChI is InChI=1S/C20H23F2N3O3/c1-2-24-9-14(20(27)28)19(26)13-5-15(21)18(6-17(13)24)25-8-11(16(22)10-25)7-23-12-3-4-12/h5-6,9,11-12,16,23H,2-4,7-8,10H2,1H3,(H,27,28)/t11-,16-/m1/s1. The van der Waals surface area contributed by atoms with Crippen LogP contribution in [-0.4, -0.2) is 47.5 Å². The average Bonchev–Trinajstić information content (AvgIpc) is 3.42. The van der Waals surface area contributed by atoms with Gasteiger partial charge in [0.1, 0.15) is 17.6 Å². The Morgan fingerprint density at radius 2 is 2.07 bits per heavy atom. The number of carboxylic acids is 1. The summed E-state index contributed by atoms with van der Waals surface area (Å²) >= 11 is 0. The van der Waals surface area contributed by atoms with Gasteiger partial charge in [-0.3, -0.25) is 4.79 Å². The van der Waals surface area contributed by atoms with Gasteiger partial charge in [-0.25, -0.2) is 13.6 Å². The second-order valence-electron chi connectivity index (χ2n) is 7.65. The second-order valence-corrected chi connectivity index (χ2v) is 7.65. The number of aromatic carboxylic acids is 1. The van der Waals surface area contributed by atoms with Gasteiger partial charge in [-0.15, -0.1) is 0 Å². The number of aryl methyl sites for hydroxylation is 1. The van der Waals surface area contributed by atoms with E-state index in [1.54, 1.807) is 9.47 Å². The van der Waals surface area contributed by atoms with Crippen LogP contribution in [0.3, 0.4) is 0 Å². The summed E-state index contributed by atoms with van der Waals surface area (Å²) in [5.41, 5.74) is -0.413. The Bertz CT molecular complexity index is 987. The molecule has 0 radical (unpaired) electrons. The molecule has 0 unspecified atom stereocenters. The smallest absolute Gasteiger partial charge is 0.341 e. The fourth-order valence-electron chi connectivity index (χ4n) is 3.88. The average molecular weight is 391 g/mol. The number of hydrogen-bond donors (Lipinski definition) is 2. The van der Waals surface area contributed by atoms with E-state index in [1.807, 2.05) is 6.92 Å². The van der Waals surface area contributed by atoms with Crippen LogP contribution in [0, 0.1) is 11.7 Å². The molecule has 28 heavy (non-hydrogen) atoms. The molecule has 6 nitrogen and oxygen atoms in total. The van der Waals surface area contributed by atoms with Crippen LogP contribution in [0.4, 0.5) is 14.5 Å². The van der Waals surface area contributed by atoms with Crippen molar-refractivity contribution < 1.29 is 18.7 Å². The molecule has 150 valence electrons. The van der Waals surface area contributed by atoms with Crippen molar-refractivity contribution in [2.45, 2.75) is 38.5 Å². The number of benzene rings is 1.